The number of sulfonamides is 1. The highest BCUT2D eigenvalue weighted by atomic mass is 32.2. The molecule has 0 atom stereocenters. The lowest BCUT2D eigenvalue weighted by Crippen LogP contribution is -2.39. The summed E-state index contributed by atoms with van der Waals surface area (Å²) in [6.45, 7) is 1.16. The van der Waals surface area contributed by atoms with E-state index in [9.17, 15) is 8.42 Å². The maximum Gasteiger partial charge on any atom is 0.244 e. The van der Waals surface area contributed by atoms with Gasteiger partial charge in [-0.25, -0.2) is 8.42 Å². The fourth-order valence-corrected chi connectivity index (χ4v) is 3.63. The number of nitrogens with zero attached hydrogens (tertiary/aromatic N) is 2. The molecule has 0 aliphatic carbocycles. The van der Waals surface area contributed by atoms with E-state index in [4.69, 9.17) is 5.11 Å². The number of hydrogen-bond donors (Lipinski definition) is 1. The maximum atomic E-state index is 12.2. The molecule has 1 aromatic heterocycles. The van der Waals surface area contributed by atoms with Gasteiger partial charge in [0.1, 0.15) is 0 Å². The van der Waals surface area contributed by atoms with E-state index in [-0.39, 0.29) is 12.5 Å². The van der Waals surface area contributed by atoms with Gasteiger partial charge in [0.25, 0.3) is 0 Å². The van der Waals surface area contributed by atoms with Crippen molar-refractivity contribution in [3.8, 4) is 0 Å². The third-order valence-electron chi connectivity index (χ3n) is 3.27. The summed E-state index contributed by atoms with van der Waals surface area (Å²) in [6, 6.07) is 1.62. The first-order chi connectivity index (χ1) is 8.04. The fourth-order valence-electron chi connectivity index (χ4n) is 2.11. The van der Waals surface area contributed by atoms with Gasteiger partial charge in [0.2, 0.25) is 10.0 Å². The van der Waals surface area contributed by atoms with Gasteiger partial charge in [0, 0.05) is 39.1 Å². The second-order valence-electron chi connectivity index (χ2n) is 4.54. The quantitative estimate of drug-likeness (QED) is 0.854. The van der Waals surface area contributed by atoms with Crippen LogP contribution in [0.3, 0.4) is 0 Å². The van der Waals surface area contributed by atoms with Gasteiger partial charge < -0.3 is 9.67 Å². The van der Waals surface area contributed by atoms with Crippen LogP contribution in [0.4, 0.5) is 0 Å². The average Bonchev–Trinajstić information content (AvgIpc) is 2.77. The molecule has 1 aromatic rings. The zero-order chi connectivity index (χ0) is 12.5. The lowest BCUT2D eigenvalue weighted by molar-refractivity contribution is 0.170. The highest BCUT2D eigenvalue weighted by molar-refractivity contribution is 7.89. The smallest absolute Gasteiger partial charge is 0.244 e. The second-order valence-corrected chi connectivity index (χ2v) is 6.48. The third kappa shape index (κ3) is 2.53. The van der Waals surface area contributed by atoms with Crippen LogP contribution in [0.2, 0.25) is 0 Å². The van der Waals surface area contributed by atoms with Gasteiger partial charge in [-0.2, -0.15) is 4.31 Å². The van der Waals surface area contributed by atoms with Crippen LogP contribution >= 0.6 is 0 Å². The molecule has 96 valence electrons. The van der Waals surface area contributed by atoms with Gasteiger partial charge in [0.15, 0.2) is 0 Å². The van der Waals surface area contributed by atoms with E-state index in [2.05, 4.69) is 0 Å². The van der Waals surface area contributed by atoms with Crippen molar-refractivity contribution >= 4 is 10.0 Å². The van der Waals surface area contributed by atoms with E-state index in [1.165, 1.54) is 4.31 Å². The molecule has 6 heteroatoms. The first-order valence-electron chi connectivity index (χ1n) is 5.77. The number of aryl methyl sites for hydroxylation is 1. The molecule has 0 unspecified atom stereocenters. The first-order valence-corrected chi connectivity index (χ1v) is 7.21. The number of rotatable bonds is 3. The number of piperidine rings is 1. The Balaban J connectivity index is 2.12. The standard InChI is InChI=1S/C11H18N2O3S/c1-12-5-4-11(8-12)17(15,16)13-6-2-10(9-14)3-7-13/h4-5,8,10,14H,2-3,6-7,9H2,1H3. The molecule has 0 bridgehead atoms. The molecule has 2 rings (SSSR count). The van der Waals surface area contributed by atoms with Crippen LogP contribution in [0.25, 0.3) is 0 Å². The number of hydrogen-bond acceptors (Lipinski definition) is 3. The van der Waals surface area contributed by atoms with E-state index < -0.39 is 10.0 Å². The van der Waals surface area contributed by atoms with E-state index in [0.717, 1.165) is 12.8 Å². The number of aliphatic hydroxyl groups excluding tert-OH is 1. The molecule has 5 nitrogen and oxygen atoms in total. The summed E-state index contributed by atoms with van der Waals surface area (Å²) in [7, 11) is -1.54. The van der Waals surface area contributed by atoms with Gasteiger partial charge in [0.05, 0.1) is 4.90 Å². The molecule has 1 aliphatic rings. The Kier molecular flexibility index (Phi) is 3.56. The predicted octanol–water partition coefficient (Wildman–Crippen LogP) is 0.418. The van der Waals surface area contributed by atoms with Crippen molar-refractivity contribution in [2.75, 3.05) is 19.7 Å². The molecule has 1 aliphatic heterocycles. The Bertz CT molecular complexity index is 473. The SMILES string of the molecule is Cn1ccc(S(=O)(=O)N2CCC(CO)CC2)c1. The van der Waals surface area contributed by atoms with Gasteiger partial charge >= 0.3 is 0 Å². The monoisotopic (exact) mass is 258 g/mol. The minimum atomic E-state index is -3.34. The van der Waals surface area contributed by atoms with Crippen molar-refractivity contribution in [1.29, 1.82) is 0 Å². The Labute approximate surface area is 102 Å². The highest BCUT2D eigenvalue weighted by Gasteiger charge is 2.29. The average molecular weight is 258 g/mol. The molecule has 0 saturated carbocycles. The second kappa shape index (κ2) is 4.80. The maximum absolute atomic E-state index is 12.2. The zero-order valence-corrected chi connectivity index (χ0v) is 10.7. The molecular weight excluding hydrogens is 240 g/mol. The molecule has 17 heavy (non-hydrogen) atoms. The van der Waals surface area contributed by atoms with Crippen molar-refractivity contribution in [3.05, 3.63) is 18.5 Å². The molecule has 1 N–H and O–H groups in total. The summed E-state index contributed by atoms with van der Waals surface area (Å²) < 4.78 is 27.7. The minimum absolute atomic E-state index is 0.152. The summed E-state index contributed by atoms with van der Waals surface area (Å²) in [6.07, 6.45) is 4.83. The largest absolute Gasteiger partial charge is 0.396 e. The van der Waals surface area contributed by atoms with Crippen molar-refractivity contribution in [3.63, 3.8) is 0 Å². The Morgan fingerprint density at radius 2 is 2.06 bits per heavy atom. The Morgan fingerprint density at radius 1 is 1.41 bits per heavy atom. The number of aromatic nitrogens is 1. The van der Waals surface area contributed by atoms with Crippen LogP contribution in [0.1, 0.15) is 12.8 Å². The first kappa shape index (κ1) is 12.6. The van der Waals surface area contributed by atoms with Gasteiger partial charge in [-0.1, -0.05) is 0 Å². The molecule has 0 amide bonds. The summed E-state index contributed by atoms with van der Waals surface area (Å²) in [5.74, 6) is 0.247. The van der Waals surface area contributed by atoms with Crippen molar-refractivity contribution in [2.45, 2.75) is 17.7 Å². The van der Waals surface area contributed by atoms with Crippen LogP contribution in [0, 0.1) is 5.92 Å². The van der Waals surface area contributed by atoms with Crippen LogP contribution in [0.5, 0.6) is 0 Å². The molecular formula is C11H18N2O3S. The van der Waals surface area contributed by atoms with E-state index in [0.29, 0.717) is 18.0 Å². The van der Waals surface area contributed by atoms with Gasteiger partial charge in [-0.05, 0) is 24.8 Å². The van der Waals surface area contributed by atoms with Crippen LogP contribution < -0.4 is 0 Å². The normalized spacial score (nSPS) is 19.6. The topological polar surface area (TPSA) is 62.5 Å². The summed E-state index contributed by atoms with van der Waals surface area (Å²) >= 11 is 0. The van der Waals surface area contributed by atoms with Crippen LogP contribution in [0.15, 0.2) is 23.4 Å². The molecule has 1 fully saturated rings. The van der Waals surface area contributed by atoms with E-state index in [1.807, 2.05) is 0 Å². The molecule has 1 saturated heterocycles. The van der Waals surface area contributed by atoms with Crippen LogP contribution in [-0.2, 0) is 17.1 Å². The fraction of sp³-hybridized carbons (Fsp3) is 0.636. The summed E-state index contributed by atoms with van der Waals surface area (Å²) in [5, 5.41) is 9.03. The predicted molar refractivity (Wildman–Crippen MR) is 64.0 cm³/mol. The van der Waals surface area contributed by atoms with Gasteiger partial charge in [-0.3, -0.25) is 0 Å². The van der Waals surface area contributed by atoms with E-state index in [1.54, 1.807) is 30.1 Å². The number of aliphatic hydroxyl groups is 1. The van der Waals surface area contributed by atoms with Crippen molar-refractivity contribution in [1.82, 2.24) is 8.87 Å². The highest BCUT2D eigenvalue weighted by Crippen LogP contribution is 2.23. The third-order valence-corrected chi connectivity index (χ3v) is 5.16. The lowest BCUT2D eigenvalue weighted by Gasteiger charge is -2.29. The summed E-state index contributed by atoms with van der Waals surface area (Å²) in [5.41, 5.74) is 0. The molecule has 0 aromatic carbocycles. The summed E-state index contributed by atoms with van der Waals surface area (Å²) in [4.78, 5) is 0.349. The van der Waals surface area contributed by atoms with Crippen molar-refractivity contribution in [2.24, 2.45) is 13.0 Å². The van der Waals surface area contributed by atoms with Crippen molar-refractivity contribution < 1.29 is 13.5 Å². The zero-order valence-electron chi connectivity index (χ0n) is 9.91. The molecule has 0 radical (unpaired) electrons. The van der Waals surface area contributed by atoms with Gasteiger partial charge in [-0.15, -0.1) is 0 Å². The Hall–Kier alpha value is -0.850. The lowest BCUT2D eigenvalue weighted by atomic mass is 10.00. The minimum Gasteiger partial charge on any atom is -0.396 e. The van der Waals surface area contributed by atoms with Crippen LogP contribution in [-0.4, -0.2) is 42.1 Å². The molecule has 0 spiro atoms. The molecule has 2 heterocycles. The Morgan fingerprint density at radius 3 is 2.53 bits per heavy atom. The van der Waals surface area contributed by atoms with E-state index >= 15 is 0 Å².